The zero-order valence-corrected chi connectivity index (χ0v) is 18.0. The summed E-state index contributed by atoms with van der Waals surface area (Å²) in [5.41, 5.74) is -0.123. The predicted molar refractivity (Wildman–Crippen MR) is 114 cm³/mol. The second-order valence-electron chi connectivity index (χ2n) is 6.56. The summed E-state index contributed by atoms with van der Waals surface area (Å²) in [6.07, 6.45) is 3.90. The maximum absolute atomic E-state index is 13.8. The van der Waals surface area contributed by atoms with Crippen LogP contribution in [0, 0.1) is 5.82 Å². The van der Waals surface area contributed by atoms with E-state index in [4.69, 9.17) is 16.3 Å². The van der Waals surface area contributed by atoms with Gasteiger partial charge in [-0.05, 0) is 36.4 Å². The molecule has 0 spiro atoms. The number of halogens is 2. The van der Waals surface area contributed by atoms with Gasteiger partial charge in [0.15, 0.2) is 5.69 Å². The minimum atomic E-state index is -1.30. The molecule has 3 aromatic rings. The molecular formula is C21H17ClFN3O4S. The van der Waals surface area contributed by atoms with Gasteiger partial charge in [0.25, 0.3) is 5.91 Å². The predicted octanol–water partition coefficient (Wildman–Crippen LogP) is 4.26. The van der Waals surface area contributed by atoms with Crippen molar-refractivity contribution in [3.63, 3.8) is 0 Å². The molecule has 0 aliphatic heterocycles. The molecule has 1 N–H and O–H groups in total. The number of hydrogen-bond acceptors (Lipinski definition) is 6. The van der Waals surface area contributed by atoms with Gasteiger partial charge in [0.1, 0.15) is 11.6 Å². The Balaban J connectivity index is 1.89. The molecular weight excluding hydrogens is 445 g/mol. The third kappa shape index (κ3) is 5.50. The van der Waals surface area contributed by atoms with Crippen LogP contribution in [0.25, 0.3) is 0 Å². The summed E-state index contributed by atoms with van der Waals surface area (Å²) in [6.45, 7) is 3.60. The maximum atomic E-state index is 13.8. The molecule has 10 heteroatoms. The minimum absolute atomic E-state index is 0.0786. The Kier molecular flexibility index (Phi) is 7.09. The van der Waals surface area contributed by atoms with Crippen LogP contribution >= 0.6 is 11.6 Å². The van der Waals surface area contributed by atoms with Crippen molar-refractivity contribution in [2.45, 2.75) is 24.0 Å². The number of rotatable bonds is 6. The standard InChI is InChI=1S/C21H17ClFN3O4S/c1-12(2)31(29)14-4-5-16(22)17(10-14)26-20(27)15-9-13(23)3-6-19(15)30-21(28)18-11-24-7-8-25-18/h3-12H,1-2H3,(H,26,27). The number of esters is 1. The molecule has 1 amide bonds. The van der Waals surface area contributed by atoms with E-state index in [1.54, 1.807) is 19.9 Å². The molecule has 1 aromatic heterocycles. The van der Waals surface area contributed by atoms with Crippen LogP contribution in [0.2, 0.25) is 5.02 Å². The first-order valence-corrected chi connectivity index (χ1v) is 10.6. The van der Waals surface area contributed by atoms with E-state index in [1.807, 2.05) is 0 Å². The van der Waals surface area contributed by atoms with Crippen LogP contribution < -0.4 is 10.1 Å². The number of carbonyl (C=O) groups excluding carboxylic acids is 2. The number of benzene rings is 2. The molecule has 3 rings (SSSR count). The van der Waals surface area contributed by atoms with Crippen LogP contribution in [0.5, 0.6) is 5.75 Å². The molecule has 160 valence electrons. The van der Waals surface area contributed by atoms with Crippen LogP contribution in [0.3, 0.4) is 0 Å². The summed E-state index contributed by atoms with van der Waals surface area (Å²) in [5.74, 6) is -2.50. The van der Waals surface area contributed by atoms with E-state index in [1.165, 1.54) is 30.7 Å². The lowest BCUT2D eigenvalue weighted by Crippen LogP contribution is -2.17. The second-order valence-corrected chi connectivity index (χ2v) is 8.98. The highest BCUT2D eigenvalue weighted by molar-refractivity contribution is 7.85. The monoisotopic (exact) mass is 461 g/mol. The van der Waals surface area contributed by atoms with Crippen molar-refractivity contribution >= 4 is 40.0 Å². The van der Waals surface area contributed by atoms with Crippen molar-refractivity contribution in [3.8, 4) is 5.75 Å². The lowest BCUT2D eigenvalue weighted by Gasteiger charge is -2.13. The summed E-state index contributed by atoms with van der Waals surface area (Å²) in [5, 5.41) is 2.61. The molecule has 31 heavy (non-hydrogen) atoms. The van der Waals surface area contributed by atoms with Crippen molar-refractivity contribution < 1.29 is 22.9 Å². The fourth-order valence-corrected chi connectivity index (χ4v) is 3.66. The van der Waals surface area contributed by atoms with Crippen LogP contribution in [-0.2, 0) is 10.8 Å². The van der Waals surface area contributed by atoms with Gasteiger partial charge in [-0.1, -0.05) is 25.4 Å². The topological polar surface area (TPSA) is 98.2 Å². The van der Waals surface area contributed by atoms with E-state index in [0.29, 0.717) is 4.90 Å². The summed E-state index contributed by atoms with van der Waals surface area (Å²) in [6, 6.07) is 7.73. The SMILES string of the molecule is CC(C)S(=O)c1ccc(Cl)c(NC(=O)c2cc(F)ccc2OC(=O)c2cnccn2)c1. The average molecular weight is 462 g/mol. The smallest absolute Gasteiger partial charge is 0.363 e. The van der Waals surface area contributed by atoms with Crippen molar-refractivity contribution in [1.82, 2.24) is 9.97 Å². The molecule has 7 nitrogen and oxygen atoms in total. The van der Waals surface area contributed by atoms with E-state index < -0.39 is 28.5 Å². The van der Waals surface area contributed by atoms with E-state index in [0.717, 1.165) is 18.2 Å². The molecule has 2 aromatic carbocycles. The lowest BCUT2D eigenvalue weighted by atomic mass is 10.1. The molecule has 1 atom stereocenters. The third-order valence-electron chi connectivity index (χ3n) is 4.01. The van der Waals surface area contributed by atoms with E-state index in [9.17, 15) is 18.2 Å². The highest BCUT2D eigenvalue weighted by Gasteiger charge is 2.20. The normalized spacial score (nSPS) is 11.8. The molecule has 1 unspecified atom stereocenters. The molecule has 0 saturated carbocycles. The highest BCUT2D eigenvalue weighted by Crippen LogP contribution is 2.28. The Morgan fingerprint density at radius 3 is 2.61 bits per heavy atom. The van der Waals surface area contributed by atoms with Gasteiger partial charge in [-0.15, -0.1) is 0 Å². The molecule has 0 aliphatic rings. The van der Waals surface area contributed by atoms with Gasteiger partial charge in [0.2, 0.25) is 0 Å². The largest absolute Gasteiger partial charge is 0.421 e. The number of hydrogen-bond donors (Lipinski definition) is 1. The first-order chi connectivity index (χ1) is 14.8. The molecule has 0 fully saturated rings. The quantitative estimate of drug-likeness (QED) is 0.435. The van der Waals surface area contributed by atoms with Gasteiger partial charge in [0.05, 0.1) is 33.3 Å². The average Bonchev–Trinajstić information content (AvgIpc) is 2.76. The van der Waals surface area contributed by atoms with Crippen LogP contribution in [-0.4, -0.2) is 31.3 Å². The zero-order valence-electron chi connectivity index (χ0n) is 16.5. The van der Waals surface area contributed by atoms with Crippen molar-refractivity contribution in [2.24, 2.45) is 0 Å². The Labute approximate surface area is 185 Å². The van der Waals surface area contributed by atoms with Gasteiger partial charge < -0.3 is 10.1 Å². The lowest BCUT2D eigenvalue weighted by molar-refractivity contribution is 0.0726. The van der Waals surface area contributed by atoms with Crippen molar-refractivity contribution in [3.05, 3.63) is 77.1 Å². The maximum Gasteiger partial charge on any atom is 0.363 e. The van der Waals surface area contributed by atoms with Gasteiger partial charge in [0, 0.05) is 22.5 Å². The molecule has 0 bridgehead atoms. The number of nitrogens with zero attached hydrogens (tertiary/aromatic N) is 2. The Morgan fingerprint density at radius 2 is 1.94 bits per heavy atom. The first kappa shape index (κ1) is 22.5. The van der Waals surface area contributed by atoms with Crippen LogP contribution in [0.15, 0.2) is 59.9 Å². The fourth-order valence-electron chi connectivity index (χ4n) is 2.51. The summed E-state index contributed by atoms with van der Waals surface area (Å²) < 4.78 is 31.4. The number of carbonyl (C=O) groups is 2. The van der Waals surface area contributed by atoms with Crippen molar-refractivity contribution in [2.75, 3.05) is 5.32 Å². The summed E-state index contributed by atoms with van der Waals surface area (Å²) in [7, 11) is -1.30. The Bertz CT molecular complexity index is 1160. The van der Waals surface area contributed by atoms with Gasteiger partial charge in [-0.3, -0.25) is 14.0 Å². The van der Waals surface area contributed by atoms with E-state index in [2.05, 4.69) is 15.3 Å². The fraction of sp³-hybridized carbons (Fsp3) is 0.143. The van der Waals surface area contributed by atoms with Crippen LogP contribution in [0.1, 0.15) is 34.7 Å². The zero-order chi connectivity index (χ0) is 22.5. The van der Waals surface area contributed by atoms with Gasteiger partial charge in [-0.25, -0.2) is 14.2 Å². The summed E-state index contributed by atoms with van der Waals surface area (Å²) in [4.78, 5) is 33.2. The molecule has 0 radical (unpaired) electrons. The molecule has 1 heterocycles. The highest BCUT2D eigenvalue weighted by atomic mass is 35.5. The molecule has 0 saturated heterocycles. The van der Waals surface area contributed by atoms with Gasteiger partial charge >= 0.3 is 5.97 Å². The van der Waals surface area contributed by atoms with Crippen molar-refractivity contribution in [1.29, 1.82) is 0 Å². The number of anilines is 1. The third-order valence-corrected chi connectivity index (χ3v) is 5.91. The number of nitrogens with one attached hydrogen (secondary N) is 1. The number of ether oxygens (including phenoxy) is 1. The minimum Gasteiger partial charge on any atom is -0.421 e. The number of amides is 1. The second kappa shape index (κ2) is 9.76. The first-order valence-electron chi connectivity index (χ1n) is 9.05. The molecule has 0 aliphatic carbocycles. The Morgan fingerprint density at radius 1 is 1.16 bits per heavy atom. The van der Waals surface area contributed by atoms with E-state index in [-0.39, 0.29) is 33.0 Å². The Hall–Kier alpha value is -3.17. The van der Waals surface area contributed by atoms with E-state index >= 15 is 0 Å². The van der Waals surface area contributed by atoms with Crippen LogP contribution in [0.4, 0.5) is 10.1 Å². The summed E-state index contributed by atoms with van der Waals surface area (Å²) >= 11 is 6.16. The number of aromatic nitrogens is 2. The van der Waals surface area contributed by atoms with Gasteiger partial charge in [-0.2, -0.15) is 0 Å².